The number of hydrogen-bond donors (Lipinski definition) is 1. The van der Waals surface area contributed by atoms with Gasteiger partial charge in [0.1, 0.15) is 0 Å². The Bertz CT molecular complexity index is 436. The van der Waals surface area contributed by atoms with Gasteiger partial charge in [-0.25, -0.2) is 10.4 Å². The zero-order valence-electron chi connectivity index (χ0n) is 10.5. The minimum atomic E-state index is -0.305. The molecule has 0 aromatic heterocycles. The molecule has 1 N–H and O–H groups in total. The summed E-state index contributed by atoms with van der Waals surface area (Å²) in [4.78, 5) is 23.9. The largest absolute Gasteiger partial charge is 0.377 e. The van der Waals surface area contributed by atoms with Crippen LogP contribution in [0.25, 0.3) is 0 Å². The number of hydrazine groups is 1. The third-order valence-corrected chi connectivity index (χ3v) is 2.62. The maximum absolute atomic E-state index is 11.9. The van der Waals surface area contributed by atoms with Gasteiger partial charge >= 0.3 is 0 Å². The molecule has 96 valence electrons. The van der Waals surface area contributed by atoms with E-state index in [9.17, 15) is 9.59 Å². The van der Waals surface area contributed by atoms with Crippen LogP contribution in [0.3, 0.4) is 0 Å². The number of hydrogen-bond acceptors (Lipinski definition) is 4. The zero-order valence-corrected chi connectivity index (χ0v) is 10.5. The number of benzene rings is 1. The lowest BCUT2D eigenvalue weighted by molar-refractivity contribution is 0.0471. The number of fused-ring (bicyclic) bond motifs is 1. The molecule has 1 aromatic rings. The Kier molecular flexibility index (Phi) is 3.74. The van der Waals surface area contributed by atoms with Crippen molar-refractivity contribution in [2.24, 2.45) is 0 Å². The fourth-order valence-corrected chi connectivity index (χ4v) is 1.78. The quantitative estimate of drug-likeness (QED) is 0.628. The average molecular weight is 248 g/mol. The predicted molar refractivity (Wildman–Crippen MR) is 66.0 cm³/mol. The molecular weight excluding hydrogens is 232 g/mol. The monoisotopic (exact) mass is 248 g/mol. The lowest BCUT2D eigenvalue weighted by Crippen LogP contribution is -2.44. The first-order chi connectivity index (χ1) is 8.61. The Balaban J connectivity index is 1.97. The molecule has 0 fully saturated rings. The van der Waals surface area contributed by atoms with E-state index in [2.05, 4.69) is 5.43 Å². The summed E-state index contributed by atoms with van der Waals surface area (Å²) < 4.78 is 5.34. The second-order valence-corrected chi connectivity index (χ2v) is 4.32. The van der Waals surface area contributed by atoms with E-state index in [1.165, 1.54) is 0 Å². The molecule has 5 heteroatoms. The van der Waals surface area contributed by atoms with Crippen LogP contribution >= 0.6 is 0 Å². The molecule has 0 aliphatic carbocycles. The Morgan fingerprint density at radius 2 is 1.72 bits per heavy atom. The molecule has 0 atom stereocenters. The van der Waals surface area contributed by atoms with Crippen molar-refractivity contribution in [2.75, 3.05) is 13.2 Å². The minimum Gasteiger partial charge on any atom is -0.377 e. The number of nitrogens with one attached hydrogen (secondary N) is 1. The minimum absolute atomic E-state index is 0.133. The third-order valence-electron chi connectivity index (χ3n) is 2.62. The summed E-state index contributed by atoms with van der Waals surface area (Å²) in [5.74, 6) is -0.611. The van der Waals surface area contributed by atoms with Crippen molar-refractivity contribution in [3.8, 4) is 0 Å². The van der Waals surface area contributed by atoms with E-state index in [0.717, 1.165) is 5.01 Å². The van der Waals surface area contributed by atoms with E-state index in [1.54, 1.807) is 24.3 Å². The summed E-state index contributed by atoms with van der Waals surface area (Å²) in [6.07, 6.45) is 0.133. The van der Waals surface area contributed by atoms with E-state index >= 15 is 0 Å². The molecule has 0 bridgehead atoms. The Labute approximate surface area is 106 Å². The van der Waals surface area contributed by atoms with Gasteiger partial charge in [-0.2, -0.15) is 0 Å². The molecule has 1 aliphatic rings. The van der Waals surface area contributed by atoms with Gasteiger partial charge in [-0.3, -0.25) is 9.59 Å². The average Bonchev–Trinajstić information content (AvgIpc) is 2.59. The number of amides is 2. The van der Waals surface area contributed by atoms with Crippen molar-refractivity contribution in [1.82, 2.24) is 10.4 Å². The van der Waals surface area contributed by atoms with Crippen molar-refractivity contribution in [3.05, 3.63) is 35.4 Å². The SMILES string of the molecule is CC(C)OCCNN1C(=O)c2ccccc2C1=O. The molecule has 1 aromatic carbocycles. The highest BCUT2D eigenvalue weighted by Gasteiger charge is 2.34. The highest BCUT2D eigenvalue weighted by atomic mass is 16.5. The summed E-state index contributed by atoms with van der Waals surface area (Å²) in [7, 11) is 0. The second kappa shape index (κ2) is 5.29. The van der Waals surface area contributed by atoms with Gasteiger partial charge < -0.3 is 4.74 Å². The first-order valence-corrected chi connectivity index (χ1v) is 5.94. The van der Waals surface area contributed by atoms with E-state index in [4.69, 9.17) is 4.74 Å². The standard InChI is InChI=1S/C13H16N2O3/c1-9(2)18-8-7-14-15-12(16)10-5-3-4-6-11(10)13(15)17/h3-6,9,14H,7-8H2,1-2H3. The van der Waals surface area contributed by atoms with Gasteiger partial charge in [0, 0.05) is 6.54 Å². The highest BCUT2D eigenvalue weighted by Crippen LogP contribution is 2.20. The van der Waals surface area contributed by atoms with Crippen molar-refractivity contribution < 1.29 is 14.3 Å². The molecule has 2 rings (SSSR count). The normalized spacial score (nSPS) is 14.5. The van der Waals surface area contributed by atoms with Crippen molar-refractivity contribution in [3.63, 3.8) is 0 Å². The molecule has 0 spiro atoms. The van der Waals surface area contributed by atoms with Gasteiger partial charge in [-0.05, 0) is 26.0 Å². The fraction of sp³-hybridized carbons (Fsp3) is 0.385. The number of carbonyl (C=O) groups excluding carboxylic acids is 2. The second-order valence-electron chi connectivity index (χ2n) is 4.32. The lowest BCUT2D eigenvalue weighted by Gasteiger charge is -2.15. The fourth-order valence-electron chi connectivity index (χ4n) is 1.78. The van der Waals surface area contributed by atoms with Crippen LogP contribution in [0.5, 0.6) is 0 Å². The van der Waals surface area contributed by atoms with Crippen molar-refractivity contribution in [1.29, 1.82) is 0 Å². The summed E-state index contributed by atoms with van der Waals surface area (Å²) in [5, 5.41) is 1.05. The maximum Gasteiger partial charge on any atom is 0.276 e. The Hall–Kier alpha value is -1.72. The molecule has 2 amide bonds. The smallest absolute Gasteiger partial charge is 0.276 e. The van der Waals surface area contributed by atoms with Crippen molar-refractivity contribution in [2.45, 2.75) is 20.0 Å². The van der Waals surface area contributed by atoms with Crippen LogP contribution in [0.4, 0.5) is 0 Å². The zero-order chi connectivity index (χ0) is 13.1. The molecule has 1 heterocycles. The van der Waals surface area contributed by atoms with Gasteiger partial charge in [-0.15, -0.1) is 0 Å². The van der Waals surface area contributed by atoms with Crippen LogP contribution in [0.15, 0.2) is 24.3 Å². The molecule has 1 aliphatic heterocycles. The van der Waals surface area contributed by atoms with E-state index in [1.807, 2.05) is 13.8 Å². The lowest BCUT2D eigenvalue weighted by atomic mass is 10.1. The van der Waals surface area contributed by atoms with E-state index in [0.29, 0.717) is 24.3 Å². The van der Waals surface area contributed by atoms with Gasteiger partial charge in [0.05, 0.1) is 23.8 Å². The van der Waals surface area contributed by atoms with Crippen LogP contribution in [0, 0.1) is 0 Å². The topological polar surface area (TPSA) is 58.6 Å². The van der Waals surface area contributed by atoms with E-state index < -0.39 is 0 Å². The number of ether oxygens (including phenoxy) is 1. The molecule has 5 nitrogen and oxygen atoms in total. The van der Waals surface area contributed by atoms with Crippen LogP contribution in [0.2, 0.25) is 0 Å². The van der Waals surface area contributed by atoms with Crippen LogP contribution in [-0.2, 0) is 4.74 Å². The molecule has 0 radical (unpaired) electrons. The highest BCUT2D eigenvalue weighted by molar-refractivity contribution is 6.20. The molecule has 0 unspecified atom stereocenters. The van der Waals surface area contributed by atoms with Gasteiger partial charge in [0.25, 0.3) is 11.8 Å². The van der Waals surface area contributed by atoms with Gasteiger partial charge in [0.15, 0.2) is 0 Å². The van der Waals surface area contributed by atoms with Gasteiger partial charge in [0.2, 0.25) is 0 Å². The molecular formula is C13H16N2O3. The Morgan fingerprint density at radius 1 is 1.17 bits per heavy atom. The first kappa shape index (κ1) is 12.7. The van der Waals surface area contributed by atoms with Crippen LogP contribution in [0.1, 0.15) is 34.6 Å². The van der Waals surface area contributed by atoms with E-state index in [-0.39, 0.29) is 17.9 Å². The van der Waals surface area contributed by atoms with Crippen LogP contribution in [-0.4, -0.2) is 36.1 Å². The summed E-state index contributed by atoms with van der Waals surface area (Å²) in [6, 6.07) is 6.80. The van der Waals surface area contributed by atoms with Crippen LogP contribution < -0.4 is 5.43 Å². The number of imide groups is 1. The maximum atomic E-state index is 11.9. The van der Waals surface area contributed by atoms with Gasteiger partial charge in [-0.1, -0.05) is 12.1 Å². The molecule has 0 saturated carbocycles. The third kappa shape index (κ3) is 2.42. The van der Waals surface area contributed by atoms with Crippen molar-refractivity contribution >= 4 is 11.8 Å². The number of nitrogens with zero attached hydrogens (tertiary/aromatic N) is 1. The summed E-state index contributed by atoms with van der Waals surface area (Å²) in [6.45, 7) is 4.73. The number of rotatable bonds is 5. The first-order valence-electron chi connectivity index (χ1n) is 5.94. The molecule has 18 heavy (non-hydrogen) atoms. The summed E-state index contributed by atoms with van der Waals surface area (Å²) in [5.41, 5.74) is 3.68. The molecule has 0 saturated heterocycles. The summed E-state index contributed by atoms with van der Waals surface area (Å²) >= 11 is 0. The predicted octanol–water partition coefficient (Wildman–Crippen LogP) is 1.21. The number of carbonyl (C=O) groups is 2. The Morgan fingerprint density at radius 3 is 2.22 bits per heavy atom.